The van der Waals surface area contributed by atoms with Gasteiger partial charge in [0.15, 0.2) is 0 Å². The molecule has 0 aromatic heterocycles. The first kappa shape index (κ1) is 36.6. The number of hydrogen-bond acceptors (Lipinski definition) is 4. The van der Waals surface area contributed by atoms with Gasteiger partial charge < -0.3 is 15.5 Å². The molecule has 0 saturated heterocycles. The third-order valence-corrected chi connectivity index (χ3v) is 11.8. The maximum Gasteiger partial charge on any atom is 0.0608 e. The quantitative estimate of drug-likeness (QED) is 0.177. The fraction of sp³-hybridized carbons (Fsp3) is 0.0370. The van der Waals surface area contributed by atoms with Crippen LogP contribution in [0.15, 0.2) is 223 Å². The van der Waals surface area contributed by atoms with Crippen molar-refractivity contribution in [1.82, 2.24) is 0 Å². The molecule has 2 N–H and O–H groups in total. The molecule has 2 aliphatic rings. The Hall–Kier alpha value is -7.01. The summed E-state index contributed by atoms with van der Waals surface area (Å²) < 4.78 is 0. The lowest BCUT2D eigenvalue weighted by molar-refractivity contribution is 1.16. The normalized spacial score (nSPS) is 14.4. The lowest BCUT2D eigenvalue weighted by Crippen LogP contribution is -2.19. The summed E-state index contributed by atoms with van der Waals surface area (Å²) in [6.07, 6.45) is 7.41. The average molecular weight is 766 g/mol. The highest BCUT2D eigenvalue weighted by atomic mass is 32.2. The first-order valence-electron chi connectivity index (χ1n) is 19.6. The number of nitrogens with two attached hydrogens (primary N) is 1. The molecule has 0 atom stereocenters. The van der Waals surface area contributed by atoms with Crippen molar-refractivity contribution in [2.24, 2.45) is 0 Å². The predicted octanol–water partition coefficient (Wildman–Crippen LogP) is 14.7. The number of allylic oxidation sites excluding steroid dienone is 4. The molecule has 0 aliphatic carbocycles. The van der Waals surface area contributed by atoms with Crippen molar-refractivity contribution >= 4 is 67.9 Å². The van der Waals surface area contributed by atoms with Crippen LogP contribution < -0.4 is 15.5 Å². The van der Waals surface area contributed by atoms with E-state index < -0.39 is 0 Å². The molecule has 0 bridgehead atoms. The zero-order valence-electron chi connectivity index (χ0n) is 32.4. The summed E-state index contributed by atoms with van der Waals surface area (Å²) in [6.45, 7) is 6.65. The van der Waals surface area contributed by atoms with Crippen LogP contribution in [0.1, 0.15) is 27.8 Å². The monoisotopic (exact) mass is 765 g/mol. The zero-order chi connectivity index (χ0) is 39.4. The standard InChI is InChI=1S/C41H30N2S.C13H13N/c1-28-19-23-33(24-20-28)42-35(17-10-11-29(2)41-34-15-7-6-12-30(34)21-25-37(41)42)31-22-26-40-38(27-31)43(32-13-4-3-5-14-32)36-16-8-9-18-39(36)44-40;14-13-9-5-4-8-12(13)10-11-6-2-1-3-7-11/h3-27H,2H2,1H3;1-9H,10,14H2/b11-10-,35-17-;. The molecule has 0 radical (unpaired) electrons. The molecule has 280 valence electrons. The Kier molecular flexibility index (Phi) is 10.2. The SMILES string of the molecule is C=C1/C=C\C=C(\c2ccc3c(c2)N(c2ccccc2)c2ccccc2S3)N(c2ccc(C)cc2)c2ccc3ccccc3c21.Nc1ccccc1Cc1ccccc1. The minimum atomic E-state index is 0.872. The van der Waals surface area contributed by atoms with Gasteiger partial charge in [0.05, 0.1) is 22.8 Å². The van der Waals surface area contributed by atoms with Crippen LogP contribution in [0.4, 0.5) is 34.1 Å². The molecule has 10 rings (SSSR count). The second-order valence-corrected chi connectivity index (χ2v) is 15.7. The summed E-state index contributed by atoms with van der Waals surface area (Å²) in [7, 11) is 0. The number of nitrogens with zero attached hydrogens (tertiary/aromatic N) is 2. The van der Waals surface area contributed by atoms with Crippen molar-refractivity contribution in [3.8, 4) is 0 Å². The summed E-state index contributed by atoms with van der Waals surface area (Å²) in [4.78, 5) is 7.28. The third-order valence-electron chi connectivity index (χ3n) is 10.7. The summed E-state index contributed by atoms with van der Waals surface area (Å²) in [5.41, 5.74) is 20.6. The summed E-state index contributed by atoms with van der Waals surface area (Å²) in [5.74, 6) is 0. The predicted molar refractivity (Wildman–Crippen MR) is 249 cm³/mol. The van der Waals surface area contributed by atoms with Crippen molar-refractivity contribution < 1.29 is 0 Å². The maximum absolute atomic E-state index is 5.87. The first-order valence-corrected chi connectivity index (χ1v) is 20.4. The van der Waals surface area contributed by atoms with Crippen molar-refractivity contribution in [3.05, 3.63) is 241 Å². The van der Waals surface area contributed by atoms with E-state index in [0.29, 0.717) is 0 Å². The number of anilines is 6. The van der Waals surface area contributed by atoms with E-state index in [0.717, 1.165) is 51.6 Å². The van der Waals surface area contributed by atoms with Gasteiger partial charge in [-0.25, -0.2) is 0 Å². The fourth-order valence-electron chi connectivity index (χ4n) is 7.80. The molecule has 3 nitrogen and oxygen atoms in total. The largest absolute Gasteiger partial charge is 0.398 e. The maximum atomic E-state index is 5.87. The smallest absolute Gasteiger partial charge is 0.0608 e. The Labute approximate surface area is 345 Å². The molecule has 2 aliphatic heterocycles. The van der Waals surface area contributed by atoms with E-state index in [1.807, 2.05) is 36.0 Å². The van der Waals surface area contributed by atoms with Crippen LogP contribution in [-0.2, 0) is 6.42 Å². The highest BCUT2D eigenvalue weighted by Crippen LogP contribution is 2.52. The second kappa shape index (κ2) is 16.2. The van der Waals surface area contributed by atoms with Crippen LogP contribution >= 0.6 is 11.8 Å². The van der Waals surface area contributed by atoms with Crippen LogP contribution in [0.2, 0.25) is 0 Å². The van der Waals surface area contributed by atoms with Crippen molar-refractivity contribution in [2.75, 3.05) is 15.5 Å². The lowest BCUT2D eigenvalue weighted by Gasteiger charge is -2.35. The van der Waals surface area contributed by atoms with Gasteiger partial charge in [0, 0.05) is 38.0 Å². The molecule has 8 aromatic rings. The van der Waals surface area contributed by atoms with Crippen molar-refractivity contribution in [1.29, 1.82) is 0 Å². The molecule has 2 heterocycles. The van der Waals surface area contributed by atoms with Gasteiger partial charge in [-0.1, -0.05) is 163 Å². The van der Waals surface area contributed by atoms with E-state index in [4.69, 9.17) is 5.73 Å². The second-order valence-electron chi connectivity index (χ2n) is 14.6. The van der Waals surface area contributed by atoms with Gasteiger partial charge in [-0.15, -0.1) is 0 Å². The van der Waals surface area contributed by atoms with E-state index in [-0.39, 0.29) is 0 Å². The van der Waals surface area contributed by atoms with E-state index in [9.17, 15) is 0 Å². The summed E-state index contributed by atoms with van der Waals surface area (Å²) >= 11 is 1.83. The number of hydrogen-bond donors (Lipinski definition) is 1. The molecule has 0 unspecified atom stereocenters. The molecule has 8 aromatic carbocycles. The van der Waals surface area contributed by atoms with Gasteiger partial charge in [0.1, 0.15) is 0 Å². The van der Waals surface area contributed by atoms with Crippen LogP contribution in [0.3, 0.4) is 0 Å². The minimum Gasteiger partial charge on any atom is -0.398 e. The van der Waals surface area contributed by atoms with Gasteiger partial charge in [-0.2, -0.15) is 0 Å². The molecule has 58 heavy (non-hydrogen) atoms. The van der Waals surface area contributed by atoms with E-state index in [1.54, 1.807) is 0 Å². The average Bonchev–Trinajstić information content (AvgIpc) is 3.26. The fourth-order valence-corrected chi connectivity index (χ4v) is 8.84. The minimum absolute atomic E-state index is 0.872. The molecule has 4 heteroatoms. The van der Waals surface area contributed by atoms with Crippen LogP contribution in [0.25, 0.3) is 22.0 Å². The number of aryl methyl sites for hydroxylation is 1. The Balaban J connectivity index is 0.000000263. The number of nitrogen functional groups attached to an aromatic ring is 1. The van der Waals surface area contributed by atoms with Gasteiger partial charge >= 0.3 is 0 Å². The number of fused-ring (bicyclic) bond motifs is 5. The van der Waals surface area contributed by atoms with E-state index in [1.165, 1.54) is 48.6 Å². The Bertz CT molecular complexity index is 2820. The number of benzene rings is 8. The zero-order valence-corrected chi connectivity index (χ0v) is 33.2. The topological polar surface area (TPSA) is 32.5 Å². The van der Waals surface area contributed by atoms with Crippen LogP contribution in [-0.4, -0.2) is 0 Å². The van der Waals surface area contributed by atoms with Gasteiger partial charge in [-0.05, 0) is 108 Å². The Morgan fingerprint density at radius 2 is 1.24 bits per heavy atom. The van der Waals surface area contributed by atoms with Gasteiger partial charge in [0.2, 0.25) is 0 Å². The number of rotatable bonds is 5. The molecule has 0 spiro atoms. The third kappa shape index (κ3) is 7.34. The van der Waals surface area contributed by atoms with Crippen LogP contribution in [0.5, 0.6) is 0 Å². The Morgan fingerprint density at radius 1 is 0.569 bits per heavy atom. The molecular weight excluding hydrogens is 723 g/mol. The molecule has 0 fully saturated rings. The molecule has 0 saturated carbocycles. The van der Waals surface area contributed by atoms with E-state index >= 15 is 0 Å². The number of para-hydroxylation sites is 3. The molecular formula is C54H43N3S. The molecule has 0 amide bonds. The first-order chi connectivity index (χ1) is 28.5. The van der Waals surface area contributed by atoms with Crippen molar-refractivity contribution in [2.45, 2.75) is 23.1 Å². The Morgan fingerprint density at radius 3 is 2.05 bits per heavy atom. The highest BCUT2D eigenvalue weighted by Gasteiger charge is 2.28. The van der Waals surface area contributed by atoms with Crippen LogP contribution in [0, 0.1) is 6.92 Å². The lowest BCUT2D eigenvalue weighted by atomic mass is 9.93. The van der Waals surface area contributed by atoms with Gasteiger partial charge in [0.25, 0.3) is 0 Å². The summed E-state index contributed by atoms with van der Waals surface area (Å²) in [6, 6.07) is 66.5. The van der Waals surface area contributed by atoms with Gasteiger partial charge in [-0.3, -0.25) is 0 Å². The highest BCUT2D eigenvalue weighted by molar-refractivity contribution is 7.99. The summed E-state index contributed by atoms with van der Waals surface area (Å²) in [5, 5.41) is 2.41. The van der Waals surface area contributed by atoms with E-state index in [2.05, 4.69) is 205 Å². The van der Waals surface area contributed by atoms with Crippen molar-refractivity contribution in [3.63, 3.8) is 0 Å².